The highest BCUT2D eigenvalue weighted by atomic mass is 16.3. The van der Waals surface area contributed by atoms with Crippen molar-refractivity contribution in [2.24, 2.45) is 0 Å². The summed E-state index contributed by atoms with van der Waals surface area (Å²) in [7, 11) is 0. The summed E-state index contributed by atoms with van der Waals surface area (Å²) in [5, 5.41) is 3.35. The van der Waals surface area contributed by atoms with E-state index in [1.165, 1.54) is 5.56 Å². The molecule has 4 nitrogen and oxygen atoms in total. The molecule has 0 spiro atoms. The molecule has 4 heteroatoms. The van der Waals surface area contributed by atoms with Gasteiger partial charge >= 0.3 is 0 Å². The summed E-state index contributed by atoms with van der Waals surface area (Å²) in [5.74, 6) is 0. The Balaban J connectivity index is 1.31. The van der Waals surface area contributed by atoms with Gasteiger partial charge in [0.1, 0.15) is 11.2 Å². The van der Waals surface area contributed by atoms with Gasteiger partial charge in [-0.25, -0.2) is 0 Å². The molecule has 7 rings (SSSR count). The van der Waals surface area contributed by atoms with Gasteiger partial charge in [-0.3, -0.25) is 0 Å². The number of furan rings is 1. The number of hydrogen-bond acceptors (Lipinski definition) is 3. The monoisotopic (exact) mass is 519 g/mol. The minimum Gasteiger partial charge on any atom is -0.455 e. The second kappa shape index (κ2) is 9.51. The number of fused-ring (bicyclic) bond motifs is 5. The highest BCUT2D eigenvalue weighted by molar-refractivity contribution is 6.17. The molecule has 0 bridgehead atoms. The van der Waals surface area contributed by atoms with E-state index < -0.39 is 0 Å². The Morgan fingerprint density at radius 3 is 2.30 bits per heavy atom. The van der Waals surface area contributed by atoms with Crippen molar-refractivity contribution < 1.29 is 4.42 Å². The van der Waals surface area contributed by atoms with Crippen LogP contribution in [0.25, 0.3) is 44.6 Å². The molecule has 40 heavy (non-hydrogen) atoms. The van der Waals surface area contributed by atoms with Gasteiger partial charge in [-0.15, -0.1) is 0 Å². The molecule has 0 saturated heterocycles. The molecule has 5 aromatic carbocycles. The maximum Gasteiger partial charge on any atom is 0.145 e. The summed E-state index contributed by atoms with van der Waals surface area (Å²) in [4.78, 5) is 2.26. The van der Waals surface area contributed by atoms with Crippen molar-refractivity contribution in [2.45, 2.75) is 13.5 Å². The summed E-state index contributed by atoms with van der Waals surface area (Å²) in [6, 6.07) is 39.7. The van der Waals surface area contributed by atoms with Crippen LogP contribution in [0.3, 0.4) is 0 Å². The fourth-order valence-corrected chi connectivity index (χ4v) is 5.88. The van der Waals surface area contributed by atoms with E-state index in [2.05, 4.69) is 102 Å². The Morgan fingerprint density at radius 1 is 0.800 bits per heavy atom. The molecule has 7 aromatic rings. The Labute approximate surface area is 233 Å². The van der Waals surface area contributed by atoms with Crippen molar-refractivity contribution in [3.8, 4) is 5.69 Å². The molecule has 0 unspecified atom stereocenters. The number of anilines is 3. The van der Waals surface area contributed by atoms with E-state index in [4.69, 9.17) is 10.2 Å². The minimum absolute atomic E-state index is 0.696. The van der Waals surface area contributed by atoms with Crippen LogP contribution in [0.5, 0.6) is 0 Å². The molecule has 0 amide bonds. The predicted octanol–water partition coefficient (Wildman–Crippen LogP) is 9.40. The van der Waals surface area contributed by atoms with Gasteiger partial charge in [-0.2, -0.15) is 0 Å². The quantitative estimate of drug-likeness (QED) is 0.223. The van der Waals surface area contributed by atoms with Gasteiger partial charge in [0.05, 0.1) is 22.3 Å². The van der Waals surface area contributed by atoms with Gasteiger partial charge < -0.3 is 19.6 Å². The topological polar surface area (TPSA) is 47.3 Å². The first-order valence-corrected chi connectivity index (χ1v) is 13.5. The Bertz CT molecular complexity index is 2010. The maximum atomic E-state index is 6.40. The van der Waals surface area contributed by atoms with Crippen molar-refractivity contribution >= 4 is 56.0 Å². The molecule has 2 aromatic heterocycles. The lowest BCUT2D eigenvalue weighted by molar-refractivity contribution is 0.672. The Kier molecular flexibility index (Phi) is 5.67. The smallest absolute Gasteiger partial charge is 0.145 e. The summed E-state index contributed by atoms with van der Waals surface area (Å²) >= 11 is 0. The largest absolute Gasteiger partial charge is 0.455 e. The van der Waals surface area contributed by atoms with Crippen molar-refractivity contribution in [1.29, 1.82) is 0 Å². The molecule has 2 N–H and O–H groups in total. The summed E-state index contributed by atoms with van der Waals surface area (Å²) in [5.41, 5.74) is 16.7. The fourth-order valence-electron chi connectivity index (χ4n) is 5.88. The fraction of sp³-hybridized carbons (Fsp3) is 0.0556. The minimum atomic E-state index is 0.696. The predicted molar refractivity (Wildman–Crippen MR) is 169 cm³/mol. The number of aromatic nitrogens is 1. The Morgan fingerprint density at radius 2 is 1.52 bits per heavy atom. The van der Waals surface area contributed by atoms with Gasteiger partial charge in [0.2, 0.25) is 0 Å². The zero-order valence-corrected chi connectivity index (χ0v) is 22.3. The second-order valence-corrected chi connectivity index (χ2v) is 10.1. The van der Waals surface area contributed by atoms with Crippen molar-refractivity contribution in [1.82, 2.24) is 4.57 Å². The molecule has 0 radical (unpaired) electrons. The van der Waals surface area contributed by atoms with E-state index in [1.54, 1.807) is 0 Å². The number of nitrogens with zero attached hydrogens (tertiary/aromatic N) is 2. The molecule has 0 aliphatic rings. The molecule has 2 heterocycles. The highest BCUT2D eigenvalue weighted by Crippen LogP contribution is 2.39. The van der Waals surface area contributed by atoms with Gasteiger partial charge in [-0.1, -0.05) is 73.3 Å². The molecule has 0 aliphatic heterocycles. The van der Waals surface area contributed by atoms with Crippen LogP contribution in [0.4, 0.5) is 17.1 Å². The van der Waals surface area contributed by atoms with Crippen molar-refractivity contribution in [2.75, 3.05) is 10.6 Å². The number of para-hydroxylation sites is 4. The molecule has 0 atom stereocenters. The zero-order chi connectivity index (χ0) is 27.2. The van der Waals surface area contributed by atoms with E-state index >= 15 is 0 Å². The number of nitrogen functional groups attached to an aromatic ring is 1. The Hall–Kier alpha value is -5.22. The maximum absolute atomic E-state index is 6.40. The zero-order valence-electron chi connectivity index (χ0n) is 22.3. The lowest BCUT2D eigenvalue weighted by atomic mass is 10.1. The third kappa shape index (κ3) is 3.76. The van der Waals surface area contributed by atoms with Gasteiger partial charge in [0, 0.05) is 39.9 Å². The van der Waals surface area contributed by atoms with Gasteiger partial charge in [-0.05, 0) is 67.1 Å². The average Bonchev–Trinajstić information content (AvgIpc) is 3.51. The first-order chi connectivity index (χ1) is 19.6. The van der Waals surface area contributed by atoms with Crippen LogP contribution >= 0.6 is 0 Å². The highest BCUT2D eigenvalue weighted by Gasteiger charge is 2.20. The normalized spacial score (nSPS) is 11.4. The number of nitrogens with two attached hydrogens (primary N) is 1. The van der Waals surface area contributed by atoms with Crippen LogP contribution in [0.15, 0.2) is 126 Å². The summed E-state index contributed by atoms with van der Waals surface area (Å²) in [6.07, 6.45) is 1.94. The second-order valence-electron chi connectivity index (χ2n) is 10.1. The standard InChI is InChI=1S/C36H29N3O/c1-3-28-24(2)39(33-22-21-30-29-13-7-10-16-34(29)40-36(30)35(28)33)27-19-17-25(18-20-27)23-38(26-11-5-4-6-12-26)32-15-9-8-14-31(32)37/h3-22H,1,23,37H2,2H3. The molecule has 194 valence electrons. The van der Waals surface area contributed by atoms with Crippen LogP contribution in [-0.2, 0) is 6.54 Å². The van der Waals surface area contributed by atoms with Gasteiger partial charge in [0.25, 0.3) is 0 Å². The third-order valence-corrected chi connectivity index (χ3v) is 7.80. The molecule has 0 fully saturated rings. The lowest BCUT2D eigenvalue weighted by Crippen LogP contribution is -2.17. The van der Waals surface area contributed by atoms with Crippen LogP contribution in [-0.4, -0.2) is 4.57 Å². The molecular formula is C36H29N3O. The van der Waals surface area contributed by atoms with Crippen LogP contribution < -0.4 is 10.6 Å². The summed E-state index contributed by atoms with van der Waals surface area (Å²) in [6.45, 7) is 6.99. The average molecular weight is 520 g/mol. The van der Waals surface area contributed by atoms with Crippen LogP contribution in [0.1, 0.15) is 16.8 Å². The van der Waals surface area contributed by atoms with E-state index in [-0.39, 0.29) is 0 Å². The first kappa shape index (κ1) is 23.9. The van der Waals surface area contributed by atoms with E-state index in [1.807, 2.05) is 42.5 Å². The number of hydrogen-bond donors (Lipinski definition) is 1. The lowest BCUT2D eigenvalue weighted by Gasteiger charge is -2.26. The number of benzene rings is 5. The number of rotatable bonds is 6. The molecule has 0 aliphatic carbocycles. The van der Waals surface area contributed by atoms with Gasteiger partial charge in [0.15, 0.2) is 0 Å². The third-order valence-electron chi connectivity index (χ3n) is 7.80. The van der Waals surface area contributed by atoms with Crippen LogP contribution in [0, 0.1) is 6.92 Å². The molecular weight excluding hydrogens is 490 g/mol. The van der Waals surface area contributed by atoms with E-state index in [9.17, 15) is 0 Å². The first-order valence-electron chi connectivity index (χ1n) is 13.5. The van der Waals surface area contributed by atoms with Crippen LogP contribution in [0.2, 0.25) is 0 Å². The van der Waals surface area contributed by atoms with E-state index in [0.717, 1.165) is 66.8 Å². The van der Waals surface area contributed by atoms with Crippen molar-refractivity contribution in [3.63, 3.8) is 0 Å². The summed E-state index contributed by atoms with van der Waals surface area (Å²) < 4.78 is 8.69. The van der Waals surface area contributed by atoms with E-state index in [0.29, 0.717) is 6.54 Å². The SMILES string of the molecule is C=Cc1c(C)n(-c2ccc(CN(c3ccccc3)c3ccccc3N)cc2)c2ccc3c4ccccc4oc3c12. The van der Waals surface area contributed by atoms with Crippen molar-refractivity contribution in [3.05, 3.63) is 139 Å². The molecule has 0 saturated carbocycles.